The number of methoxy groups -OCH3 is 2. The van der Waals surface area contributed by atoms with Crippen LogP contribution in [0, 0.1) is 0 Å². The van der Waals surface area contributed by atoms with E-state index in [1.807, 2.05) is 17.8 Å². The summed E-state index contributed by atoms with van der Waals surface area (Å²) in [7, 11) is 3.36. The van der Waals surface area contributed by atoms with E-state index in [1.165, 1.54) is 11.1 Å². The van der Waals surface area contributed by atoms with Gasteiger partial charge in [0.15, 0.2) is 16.7 Å². The van der Waals surface area contributed by atoms with Gasteiger partial charge in [-0.25, -0.2) is 0 Å². The van der Waals surface area contributed by atoms with Crippen LogP contribution in [-0.4, -0.2) is 31.2 Å². The fraction of sp³-hybridized carbons (Fsp3) is 0.438. The second-order valence-corrected chi connectivity index (χ2v) is 6.39. The summed E-state index contributed by atoms with van der Waals surface area (Å²) in [5.74, 6) is 1.60. The fourth-order valence-electron chi connectivity index (χ4n) is 2.95. The standard InChI is InChI=1S/C16H20N2O2S/c1-4-7-17-16-18-15-11-9-13(20-3)12(19-2)8-10(11)5-6-14(15)21-16/h4,8-9,14-15H,1,5-7H2,2-3H3,(H,17,18)/t14-,15+/m1/s1. The molecule has 1 aromatic rings. The van der Waals surface area contributed by atoms with Gasteiger partial charge in [-0.05, 0) is 36.1 Å². The number of nitrogens with one attached hydrogen (secondary N) is 1. The molecule has 0 spiro atoms. The molecule has 1 aliphatic heterocycles. The van der Waals surface area contributed by atoms with Crippen molar-refractivity contribution in [2.75, 3.05) is 20.8 Å². The summed E-state index contributed by atoms with van der Waals surface area (Å²) in [5.41, 5.74) is 2.65. The second kappa shape index (κ2) is 6.02. The summed E-state index contributed by atoms with van der Waals surface area (Å²) < 4.78 is 10.8. The maximum absolute atomic E-state index is 5.44. The van der Waals surface area contributed by atoms with E-state index in [0.29, 0.717) is 17.8 Å². The van der Waals surface area contributed by atoms with Crippen LogP contribution in [0.2, 0.25) is 0 Å². The molecular formula is C16H20N2O2S. The highest BCUT2D eigenvalue weighted by Crippen LogP contribution is 2.45. The van der Waals surface area contributed by atoms with Crippen LogP contribution >= 0.6 is 11.8 Å². The van der Waals surface area contributed by atoms with Gasteiger partial charge < -0.3 is 14.8 Å². The largest absolute Gasteiger partial charge is 0.493 e. The highest BCUT2D eigenvalue weighted by Gasteiger charge is 2.37. The van der Waals surface area contributed by atoms with Gasteiger partial charge in [0.2, 0.25) is 0 Å². The number of aliphatic imine (C=N–C) groups is 1. The summed E-state index contributed by atoms with van der Waals surface area (Å²) >= 11 is 1.84. The van der Waals surface area contributed by atoms with Crippen molar-refractivity contribution in [3.05, 3.63) is 35.9 Å². The third kappa shape index (κ3) is 2.62. The van der Waals surface area contributed by atoms with Crippen LogP contribution in [-0.2, 0) is 6.42 Å². The molecule has 0 saturated carbocycles. The summed E-state index contributed by atoms with van der Waals surface area (Å²) in [4.78, 5) is 4.51. The summed E-state index contributed by atoms with van der Waals surface area (Å²) in [6.07, 6.45) is 4.04. The van der Waals surface area contributed by atoms with Gasteiger partial charge in [-0.1, -0.05) is 17.8 Å². The first-order valence-electron chi connectivity index (χ1n) is 7.10. The van der Waals surface area contributed by atoms with Gasteiger partial charge in [-0.2, -0.15) is 0 Å². The monoisotopic (exact) mass is 304 g/mol. The normalized spacial score (nSPS) is 25.0. The zero-order valence-corrected chi connectivity index (χ0v) is 13.2. The molecule has 1 N–H and O–H groups in total. The Balaban J connectivity index is 1.93. The number of amidine groups is 1. The highest BCUT2D eigenvalue weighted by molar-refractivity contribution is 8.14. The van der Waals surface area contributed by atoms with E-state index >= 15 is 0 Å². The van der Waals surface area contributed by atoms with Crippen molar-refractivity contribution in [1.82, 2.24) is 5.32 Å². The molecule has 2 aliphatic rings. The Hall–Kier alpha value is -1.62. The smallest absolute Gasteiger partial charge is 0.161 e. The average molecular weight is 304 g/mol. The zero-order chi connectivity index (χ0) is 14.8. The highest BCUT2D eigenvalue weighted by atomic mass is 32.2. The average Bonchev–Trinajstić information content (AvgIpc) is 2.94. The van der Waals surface area contributed by atoms with Gasteiger partial charge in [0, 0.05) is 5.25 Å². The first kappa shape index (κ1) is 14.3. The molecule has 2 atom stereocenters. The number of fused-ring (bicyclic) bond motifs is 3. The third-order valence-corrected chi connectivity index (χ3v) is 5.24. The molecule has 1 aromatic carbocycles. The van der Waals surface area contributed by atoms with Gasteiger partial charge in [-0.3, -0.25) is 4.99 Å². The number of hydrogen-bond donors (Lipinski definition) is 1. The molecule has 0 amide bonds. The Morgan fingerprint density at radius 2 is 2.14 bits per heavy atom. The van der Waals surface area contributed by atoms with Gasteiger partial charge in [0.05, 0.1) is 26.8 Å². The van der Waals surface area contributed by atoms with Crippen LogP contribution in [0.5, 0.6) is 11.5 Å². The van der Waals surface area contributed by atoms with Gasteiger partial charge in [-0.15, -0.1) is 6.58 Å². The van der Waals surface area contributed by atoms with E-state index in [2.05, 4.69) is 29.0 Å². The molecule has 112 valence electrons. The number of nitrogens with zero attached hydrogens (tertiary/aromatic N) is 1. The predicted molar refractivity (Wildman–Crippen MR) is 87.6 cm³/mol. The number of thioether (sulfide) groups is 1. The topological polar surface area (TPSA) is 42.9 Å². The molecule has 4 nitrogen and oxygen atoms in total. The molecular weight excluding hydrogens is 284 g/mol. The van der Waals surface area contributed by atoms with Crippen LogP contribution in [0.4, 0.5) is 0 Å². The lowest BCUT2D eigenvalue weighted by Gasteiger charge is -2.28. The van der Waals surface area contributed by atoms with E-state index in [9.17, 15) is 0 Å². The van der Waals surface area contributed by atoms with Crippen molar-refractivity contribution >= 4 is 16.9 Å². The molecule has 0 unspecified atom stereocenters. The minimum atomic E-state index is 0.308. The maximum Gasteiger partial charge on any atom is 0.161 e. The Labute approximate surface area is 129 Å². The Morgan fingerprint density at radius 3 is 2.86 bits per heavy atom. The number of ether oxygens (including phenoxy) is 2. The SMILES string of the molecule is C=CCN=C1N[C@H]2c3cc(OC)c(OC)cc3CC[C@H]2S1. The van der Waals surface area contributed by atoms with Crippen LogP contribution in [0.25, 0.3) is 0 Å². The quantitative estimate of drug-likeness (QED) is 0.869. The van der Waals surface area contributed by atoms with E-state index < -0.39 is 0 Å². The fourth-order valence-corrected chi connectivity index (χ4v) is 4.16. The lowest BCUT2D eigenvalue weighted by atomic mass is 9.87. The van der Waals surface area contributed by atoms with Crippen LogP contribution in [0.1, 0.15) is 23.6 Å². The van der Waals surface area contributed by atoms with Crippen molar-refractivity contribution in [2.24, 2.45) is 4.99 Å². The number of rotatable bonds is 4. The zero-order valence-electron chi connectivity index (χ0n) is 12.4. The molecule has 3 rings (SSSR count). The van der Waals surface area contributed by atoms with Crippen molar-refractivity contribution in [3.63, 3.8) is 0 Å². The first-order chi connectivity index (χ1) is 10.3. The minimum absolute atomic E-state index is 0.308. The summed E-state index contributed by atoms with van der Waals surface area (Å²) in [5, 5.41) is 5.10. The van der Waals surface area contributed by atoms with Crippen molar-refractivity contribution < 1.29 is 9.47 Å². The molecule has 1 heterocycles. The molecule has 21 heavy (non-hydrogen) atoms. The first-order valence-corrected chi connectivity index (χ1v) is 7.98. The molecule has 0 radical (unpaired) electrons. The predicted octanol–water partition coefficient (Wildman–Crippen LogP) is 2.94. The Morgan fingerprint density at radius 1 is 1.38 bits per heavy atom. The van der Waals surface area contributed by atoms with Gasteiger partial charge in [0.25, 0.3) is 0 Å². The molecule has 1 aliphatic carbocycles. The van der Waals surface area contributed by atoms with E-state index in [-0.39, 0.29) is 0 Å². The summed E-state index contributed by atoms with van der Waals surface area (Å²) in [6.45, 7) is 4.38. The van der Waals surface area contributed by atoms with Crippen LogP contribution in [0.15, 0.2) is 29.8 Å². The third-order valence-electron chi connectivity index (χ3n) is 3.96. The van der Waals surface area contributed by atoms with E-state index in [4.69, 9.17) is 9.47 Å². The van der Waals surface area contributed by atoms with Gasteiger partial charge in [0.1, 0.15) is 0 Å². The van der Waals surface area contributed by atoms with Crippen molar-refractivity contribution in [1.29, 1.82) is 0 Å². The molecule has 0 bridgehead atoms. The Kier molecular flexibility index (Phi) is 4.10. The maximum atomic E-state index is 5.44. The van der Waals surface area contributed by atoms with Crippen molar-refractivity contribution in [3.8, 4) is 11.5 Å². The van der Waals surface area contributed by atoms with E-state index in [0.717, 1.165) is 29.5 Å². The lowest BCUT2D eigenvalue weighted by molar-refractivity contribution is 0.352. The minimum Gasteiger partial charge on any atom is -0.493 e. The van der Waals surface area contributed by atoms with Crippen molar-refractivity contribution in [2.45, 2.75) is 24.1 Å². The second-order valence-electron chi connectivity index (χ2n) is 5.16. The molecule has 1 fully saturated rings. The molecule has 1 saturated heterocycles. The number of hydrogen-bond acceptors (Lipinski definition) is 4. The number of aryl methyl sites for hydroxylation is 1. The van der Waals surface area contributed by atoms with Gasteiger partial charge >= 0.3 is 0 Å². The molecule has 0 aromatic heterocycles. The van der Waals surface area contributed by atoms with Crippen LogP contribution in [0.3, 0.4) is 0 Å². The number of benzene rings is 1. The van der Waals surface area contributed by atoms with Crippen LogP contribution < -0.4 is 14.8 Å². The molecule has 5 heteroatoms. The Bertz CT molecular complexity index is 586. The van der Waals surface area contributed by atoms with E-state index in [1.54, 1.807) is 14.2 Å². The summed E-state index contributed by atoms with van der Waals surface area (Å²) in [6, 6.07) is 4.52. The lowest BCUT2D eigenvalue weighted by Crippen LogP contribution is -2.28.